The molecule has 45 heavy (non-hydrogen) atoms. The highest BCUT2D eigenvalue weighted by molar-refractivity contribution is 6.01. The van der Waals surface area contributed by atoms with Gasteiger partial charge in [0.1, 0.15) is 11.5 Å². The van der Waals surface area contributed by atoms with Crippen molar-refractivity contribution in [3.8, 4) is 11.3 Å². The number of halogens is 1. The number of piperidine rings is 1. The number of aliphatic hydroxyl groups excluding tert-OH is 1. The predicted molar refractivity (Wildman–Crippen MR) is 174 cm³/mol. The molecule has 1 amide bonds. The number of aromatic amines is 1. The zero-order chi connectivity index (χ0) is 31.1. The Morgan fingerprint density at radius 3 is 2.51 bits per heavy atom. The molecule has 2 aromatic carbocycles. The van der Waals surface area contributed by atoms with E-state index in [1.165, 1.54) is 6.07 Å². The zero-order valence-electron chi connectivity index (χ0n) is 25.5. The monoisotopic (exact) mass is 613 g/mol. The lowest BCUT2D eigenvalue weighted by atomic mass is 9.89. The second kappa shape index (κ2) is 12.3. The van der Waals surface area contributed by atoms with Crippen LogP contribution in [0.5, 0.6) is 0 Å². The molecule has 0 radical (unpaired) electrons. The van der Waals surface area contributed by atoms with E-state index in [2.05, 4.69) is 37.4 Å². The van der Waals surface area contributed by atoms with Gasteiger partial charge in [-0.1, -0.05) is 12.1 Å². The van der Waals surface area contributed by atoms with Crippen molar-refractivity contribution in [1.29, 1.82) is 0 Å². The van der Waals surface area contributed by atoms with E-state index in [1.54, 1.807) is 12.1 Å². The maximum absolute atomic E-state index is 15.6. The van der Waals surface area contributed by atoms with Crippen LogP contribution in [0.25, 0.3) is 22.2 Å². The number of carbonyl (C=O) groups is 1. The number of fused-ring (bicyclic) bond motifs is 1. The van der Waals surface area contributed by atoms with E-state index in [-0.39, 0.29) is 29.5 Å². The topological polar surface area (TPSA) is 139 Å². The molecule has 0 atom stereocenters. The summed E-state index contributed by atoms with van der Waals surface area (Å²) in [5.74, 6) is -0.508. The van der Waals surface area contributed by atoms with Gasteiger partial charge in [-0.05, 0) is 63.1 Å². The minimum Gasteiger partial charge on any atom is -0.393 e. The minimum atomic E-state index is -0.751. The lowest BCUT2D eigenvalue weighted by Gasteiger charge is -2.42. The standard InChI is InChI=1S/C33H40FN9O2/c1-41-13-15-42(16-14-41)22-8-11-43(12-9-22)28-6-5-20(19-26(28)34)37-33-30(31(35)45)39-29(32(40-33)38-21-17-23(44)18-21)25-3-2-4-27-24(25)7-10-36-27/h2-7,10,19,21-23,36,44H,8-9,11-18H2,1H3,(H2,35,45)(H2,37,38,40). The van der Waals surface area contributed by atoms with Crippen molar-refractivity contribution in [2.75, 3.05) is 61.8 Å². The zero-order valence-corrected chi connectivity index (χ0v) is 25.5. The molecular weight excluding hydrogens is 573 g/mol. The van der Waals surface area contributed by atoms with Crippen molar-refractivity contribution in [3.63, 3.8) is 0 Å². The number of likely N-dealkylation sites (N-methyl/N-ethyl adjacent to an activating group) is 1. The Hall–Kier alpha value is -4.26. The Balaban J connectivity index is 1.13. The van der Waals surface area contributed by atoms with Crippen LogP contribution < -0.4 is 21.3 Å². The van der Waals surface area contributed by atoms with Crippen LogP contribution >= 0.6 is 0 Å². The largest absolute Gasteiger partial charge is 0.393 e. The molecule has 0 spiro atoms. The number of H-pyrrole nitrogens is 1. The van der Waals surface area contributed by atoms with Gasteiger partial charge >= 0.3 is 0 Å². The van der Waals surface area contributed by atoms with Gasteiger partial charge in [0, 0.05) is 79.7 Å². The average molecular weight is 614 g/mol. The van der Waals surface area contributed by atoms with Crippen molar-refractivity contribution in [2.45, 2.75) is 43.9 Å². The van der Waals surface area contributed by atoms with Gasteiger partial charge in [0.2, 0.25) is 0 Å². The number of anilines is 4. The number of hydrogen-bond donors (Lipinski definition) is 5. The molecule has 6 N–H and O–H groups in total. The second-order valence-corrected chi connectivity index (χ2v) is 12.5. The number of nitrogens with one attached hydrogen (secondary N) is 3. The summed E-state index contributed by atoms with van der Waals surface area (Å²) in [5, 5.41) is 17.3. The van der Waals surface area contributed by atoms with E-state index in [1.807, 2.05) is 30.5 Å². The number of primary amides is 1. The first-order valence-electron chi connectivity index (χ1n) is 15.8. The lowest BCUT2D eigenvalue weighted by molar-refractivity contribution is 0.0835. The number of aliphatic hydroxyl groups is 1. The number of hydrogen-bond acceptors (Lipinski definition) is 9. The van der Waals surface area contributed by atoms with Crippen LogP contribution in [0.1, 0.15) is 36.2 Å². The highest BCUT2D eigenvalue weighted by Gasteiger charge is 2.30. The molecular formula is C33H40FN9O2. The average Bonchev–Trinajstić information content (AvgIpc) is 3.51. The van der Waals surface area contributed by atoms with Crippen molar-refractivity contribution < 1.29 is 14.3 Å². The summed E-state index contributed by atoms with van der Waals surface area (Å²) in [5.41, 5.74) is 8.94. The Morgan fingerprint density at radius 1 is 1.02 bits per heavy atom. The summed E-state index contributed by atoms with van der Waals surface area (Å²) in [7, 11) is 2.17. The smallest absolute Gasteiger partial charge is 0.271 e. The fourth-order valence-electron chi connectivity index (χ4n) is 6.81. The minimum absolute atomic E-state index is 0.00266. The van der Waals surface area contributed by atoms with E-state index < -0.39 is 5.91 Å². The lowest BCUT2D eigenvalue weighted by Crippen LogP contribution is -2.52. The number of nitrogens with two attached hydrogens (primary N) is 1. The molecule has 3 fully saturated rings. The molecule has 12 heteroatoms. The third kappa shape index (κ3) is 6.05. The van der Waals surface area contributed by atoms with Gasteiger partial charge in [0.05, 0.1) is 11.8 Å². The van der Waals surface area contributed by atoms with Crippen LogP contribution in [0.3, 0.4) is 0 Å². The number of aromatic nitrogens is 3. The number of benzene rings is 2. The van der Waals surface area contributed by atoms with Crippen molar-refractivity contribution in [2.24, 2.45) is 5.73 Å². The maximum atomic E-state index is 15.6. The van der Waals surface area contributed by atoms with Crippen molar-refractivity contribution in [3.05, 3.63) is 60.2 Å². The van der Waals surface area contributed by atoms with Crippen LogP contribution in [0.4, 0.5) is 27.4 Å². The van der Waals surface area contributed by atoms with Gasteiger partial charge in [-0.15, -0.1) is 0 Å². The Morgan fingerprint density at radius 2 is 1.80 bits per heavy atom. The maximum Gasteiger partial charge on any atom is 0.271 e. The molecule has 7 rings (SSSR count). The first-order valence-corrected chi connectivity index (χ1v) is 15.8. The van der Waals surface area contributed by atoms with Gasteiger partial charge in [-0.3, -0.25) is 9.69 Å². The number of rotatable bonds is 8. The SMILES string of the molecule is CN1CCN(C2CCN(c3ccc(Nc4nc(NC5CC(O)C5)c(-c5cccc6[nH]ccc56)nc4C(N)=O)cc3F)CC2)CC1. The number of piperazine rings is 1. The summed E-state index contributed by atoms with van der Waals surface area (Å²) in [4.78, 5) is 32.4. The molecule has 236 valence electrons. The summed E-state index contributed by atoms with van der Waals surface area (Å²) in [6.07, 6.45) is 4.66. The quantitative estimate of drug-likeness (QED) is 0.201. The van der Waals surface area contributed by atoms with Crippen LogP contribution in [0.2, 0.25) is 0 Å². The van der Waals surface area contributed by atoms with Gasteiger partial charge in [0.25, 0.3) is 5.91 Å². The Bertz CT molecular complexity index is 1690. The van der Waals surface area contributed by atoms with Crippen molar-refractivity contribution in [1.82, 2.24) is 24.8 Å². The first-order chi connectivity index (χ1) is 21.8. The highest BCUT2D eigenvalue weighted by Crippen LogP contribution is 2.36. The molecule has 3 aliphatic rings. The molecule has 2 saturated heterocycles. The highest BCUT2D eigenvalue weighted by atomic mass is 19.1. The predicted octanol–water partition coefficient (Wildman–Crippen LogP) is 3.76. The van der Waals surface area contributed by atoms with Gasteiger partial charge < -0.3 is 36.3 Å². The van der Waals surface area contributed by atoms with Gasteiger partial charge in [0.15, 0.2) is 17.3 Å². The van der Waals surface area contributed by atoms with Crippen LogP contribution in [-0.2, 0) is 0 Å². The normalized spacial score (nSPS) is 21.5. The molecule has 1 saturated carbocycles. The molecule has 2 aromatic heterocycles. The summed E-state index contributed by atoms with van der Waals surface area (Å²) in [6, 6.07) is 13.3. The van der Waals surface area contributed by atoms with Crippen LogP contribution in [-0.4, -0.2) is 100 Å². The molecule has 1 aliphatic carbocycles. The molecule has 11 nitrogen and oxygen atoms in total. The third-order valence-electron chi connectivity index (χ3n) is 9.50. The molecule has 0 bridgehead atoms. The van der Waals surface area contributed by atoms with E-state index in [4.69, 9.17) is 15.7 Å². The second-order valence-electron chi connectivity index (χ2n) is 12.5. The van der Waals surface area contributed by atoms with E-state index in [0.29, 0.717) is 41.8 Å². The van der Waals surface area contributed by atoms with Gasteiger partial charge in [-0.25, -0.2) is 14.4 Å². The van der Waals surface area contributed by atoms with Crippen LogP contribution in [0, 0.1) is 5.82 Å². The van der Waals surface area contributed by atoms with E-state index in [0.717, 1.165) is 68.6 Å². The molecule has 4 aromatic rings. The number of amides is 1. The van der Waals surface area contributed by atoms with E-state index in [9.17, 15) is 9.90 Å². The summed E-state index contributed by atoms with van der Waals surface area (Å²) >= 11 is 0. The van der Waals surface area contributed by atoms with E-state index >= 15 is 4.39 Å². The first kappa shape index (κ1) is 29.5. The fraction of sp³-hybridized carbons (Fsp3) is 0.424. The van der Waals surface area contributed by atoms with Gasteiger partial charge in [-0.2, -0.15) is 0 Å². The Kier molecular flexibility index (Phi) is 8.03. The molecule has 2 aliphatic heterocycles. The van der Waals surface area contributed by atoms with Crippen LogP contribution in [0.15, 0.2) is 48.7 Å². The van der Waals surface area contributed by atoms with Crippen molar-refractivity contribution >= 4 is 39.8 Å². The Labute approximate surface area is 261 Å². The third-order valence-corrected chi connectivity index (χ3v) is 9.50. The molecule has 4 heterocycles. The summed E-state index contributed by atoms with van der Waals surface area (Å²) in [6.45, 7) is 5.98. The fourth-order valence-corrected chi connectivity index (χ4v) is 6.81. The molecule has 0 unspecified atom stereocenters. The number of carbonyl (C=O) groups excluding carboxylic acids is 1. The number of nitrogens with zero attached hydrogens (tertiary/aromatic N) is 5. The summed E-state index contributed by atoms with van der Waals surface area (Å²) < 4.78 is 15.6.